The molecule has 27 heavy (non-hydrogen) atoms. The van der Waals surface area contributed by atoms with Crippen LogP contribution in [0.15, 0.2) is 54.2 Å². The highest BCUT2D eigenvalue weighted by molar-refractivity contribution is 7.13. The summed E-state index contributed by atoms with van der Waals surface area (Å²) in [6, 6.07) is 11.5. The number of carbonyl (C=O) groups excluding carboxylic acids is 1. The van der Waals surface area contributed by atoms with Gasteiger partial charge in [-0.2, -0.15) is 0 Å². The zero-order valence-corrected chi connectivity index (χ0v) is 14.9. The van der Waals surface area contributed by atoms with Crippen LogP contribution in [-0.4, -0.2) is 31.1 Å². The minimum atomic E-state index is -0.328. The van der Waals surface area contributed by atoms with Gasteiger partial charge in [-0.3, -0.25) is 4.79 Å². The van der Waals surface area contributed by atoms with E-state index in [1.807, 2.05) is 13.0 Å². The number of tetrazole rings is 1. The van der Waals surface area contributed by atoms with Gasteiger partial charge in [-0.25, -0.2) is 14.1 Å². The molecule has 0 aliphatic rings. The third kappa shape index (κ3) is 3.58. The largest absolute Gasteiger partial charge is 0.321 e. The monoisotopic (exact) mass is 380 g/mol. The SMILES string of the molecule is Cc1ccc(NC(=O)c2csc(-c3ccc(F)cc3)n2)cc1-n1cnnn1. The molecule has 1 N–H and O–H groups in total. The highest BCUT2D eigenvalue weighted by Gasteiger charge is 2.13. The maximum atomic E-state index is 13.0. The second-order valence-electron chi connectivity index (χ2n) is 5.75. The fraction of sp³-hybridized carbons (Fsp3) is 0.0556. The van der Waals surface area contributed by atoms with E-state index in [1.54, 1.807) is 29.6 Å². The summed E-state index contributed by atoms with van der Waals surface area (Å²) in [5.41, 5.74) is 3.39. The number of rotatable bonds is 4. The van der Waals surface area contributed by atoms with Crippen LogP contribution in [0.5, 0.6) is 0 Å². The van der Waals surface area contributed by atoms with Crippen molar-refractivity contribution in [2.45, 2.75) is 6.92 Å². The molecule has 0 saturated heterocycles. The van der Waals surface area contributed by atoms with Gasteiger partial charge in [0.25, 0.3) is 5.91 Å². The quantitative estimate of drug-likeness (QED) is 0.586. The number of aryl methyl sites for hydroxylation is 1. The summed E-state index contributed by atoms with van der Waals surface area (Å²) in [4.78, 5) is 16.9. The van der Waals surface area contributed by atoms with Crippen molar-refractivity contribution >= 4 is 22.9 Å². The molecular weight excluding hydrogens is 367 g/mol. The van der Waals surface area contributed by atoms with Gasteiger partial charge in [-0.05, 0) is 59.3 Å². The number of carbonyl (C=O) groups is 1. The molecule has 0 fully saturated rings. The lowest BCUT2D eigenvalue weighted by Gasteiger charge is -2.08. The molecule has 2 aromatic heterocycles. The Morgan fingerprint density at radius 3 is 2.74 bits per heavy atom. The Kier molecular flexibility index (Phi) is 4.43. The van der Waals surface area contributed by atoms with Gasteiger partial charge in [0.2, 0.25) is 0 Å². The van der Waals surface area contributed by atoms with Crippen LogP contribution in [0.4, 0.5) is 10.1 Å². The number of hydrogen-bond donors (Lipinski definition) is 1. The Morgan fingerprint density at radius 1 is 1.19 bits per heavy atom. The van der Waals surface area contributed by atoms with E-state index in [2.05, 4.69) is 25.8 Å². The van der Waals surface area contributed by atoms with E-state index in [-0.39, 0.29) is 11.7 Å². The molecule has 1 amide bonds. The molecule has 0 aliphatic carbocycles. The van der Waals surface area contributed by atoms with Gasteiger partial charge in [0.05, 0.1) is 5.69 Å². The molecular formula is C18H13FN6OS. The second-order valence-corrected chi connectivity index (χ2v) is 6.61. The van der Waals surface area contributed by atoms with Crippen molar-refractivity contribution < 1.29 is 9.18 Å². The van der Waals surface area contributed by atoms with E-state index in [0.717, 1.165) is 16.8 Å². The number of nitrogens with one attached hydrogen (secondary N) is 1. The number of aromatic nitrogens is 5. The molecule has 2 heterocycles. The number of anilines is 1. The Hall–Kier alpha value is -3.46. The van der Waals surface area contributed by atoms with E-state index < -0.39 is 0 Å². The van der Waals surface area contributed by atoms with Gasteiger partial charge in [-0.1, -0.05) is 6.07 Å². The van der Waals surface area contributed by atoms with E-state index >= 15 is 0 Å². The Bertz CT molecular complexity index is 1090. The highest BCUT2D eigenvalue weighted by atomic mass is 32.1. The third-order valence-corrected chi connectivity index (χ3v) is 4.78. The van der Waals surface area contributed by atoms with Gasteiger partial charge >= 0.3 is 0 Å². The number of amides is 1. The number of thiazole rings is 1. The van der Waals surface area contributed by atoms with Gasteiger partial charge in [0.15, 0.2) is 0 Å². The first-order chi connectivity index (χ1) is 13.1. The lowest BCUT2D eigenvalue weighted by atomic mass is 10.2. The number of nitrogens with zero attached hydrogens (tertiary/aromatic N) is 5. The summed E-state index contributed by atoms with van der Waals surface area (Å²) in [6.45, 7) is 1.93. The van der Waals surface area contributed by atoms with Crippen LogP contribution < -0.4 is 5.32 Å². The van der Waals surface area contributed by atoms with Crippen molar-refractivity contribution in [1.82, 2.24) is 25.2 Å². The van der Waals surface area contributed by atoms with Gasteiger partial charge in [0.1, 0.15) is 22.8 Å². The zero-order valence-electron chi connectivity index (χ0n) is 14.1. The summed E-state index contributed by atoms with van der Waals surface area (Å²) in [7, 11) is 0. The summed E-state index contributed by atoms with van der Waals surface area (Å²) < 4.78 is 14.6. The Morgan fingerprint density at radius 2 is 2.00 bits per heavy atom. The maximum Gasteiger partial charge on any atom is 0.275 e. The van der Waals surface area contributed by atoms with Gasteiger partial charge in [0, 0.05) is 16.6 Å². The standard InChI is InChI=1S/C18H13FN6OS/c1-11-2-7-14(8-16(11)25-10-20-23-24-25)21-17(26)15-9-27-18(22-15)12-3-5-13(19)6-4-12/h2-10H,1H3,(H,21,26). The van der Waals surface area contributed by atoms with E-state index in [0.29, 0.717) is 16.4 Å². The minimum Gasteiger partial charge on any atom is -0.321 e. The number of halogens is 1. The lowest BCUT2D eigenvalue weighted by Crippen LogP contribution is -2.13. The normalized spacial score (nSPS) is 10.7. The molecule has 0 bridgehead atoms. The van der Waals surface area contributed by atoms with Crippen LogP contribution >= 0.6 is 11.3 Å². The fourth-order valence-electron chi connectivity index (χ4n) is 2.50. The minimum absolute atomic E-state index is 0.295. The van der Waals surface area contributed by atoms with Crippen LogP contribution in [0.2, 0.25) is 0 Å². The Balaban J connectivity index is 1.55. The maximum absolute atomic E-state index is 13.0. The summed E-state index contributed by atoms with van der Waals surface area (Å²) >= 11 is 1.33. The van der Waals surface area contributed by atoms with Crippen molar-refractivity contribution in [3.8, 4) is 16.3 Å². The van der Waals surface area contributed by atoms with Crippen molar-refractivity contribution in [3.63, 3.8) is 0 Å². The molecule has 0 spiro atoms. The predicted octanol–water partition coefficient (Wildman–Crippen LogP) is 3.49. The van der Waals surface area contributed by atoms with Crippen molar-refractivity contribution in [2.24, 2.45) is 0 Å². The van der Waals surface area contributed by atoms with Crippen LogP contribution in [0.25, 0.3) is 16.3 Å². The van der Waals surface area contributed by atoms with Gasteiger partial charge < -0.3 is 5.32 Å². The molecule has 4 rings (SSSR count). The van der Waals surface area contributed by atoms with Crippen LogP contribution in [0.1, 0.15) is 16.1 Å². The average molecular weight is 380 g/mol. The first-order valence-corrected chi connectivity index (χ1v) is 8.85. The molecule has 4 aromatic rings. The first kappa shape index (κ1) is 17.0. The van der Waals surface area contributed by atoms with Crippen molar-refractivity contribution in [1.29, 1.82) is 0 Å². The topological polar surface area (TPSA) is 85.6 Å². The predicted molar refractivity (Wildman–Crippen MR) is 99.4 cm³/mol. The number of benzene rings is 2. The van der Waals surface area contributed by atoms with Crippen LogP contribution in [0, 0.1) is 12.7 Å². The summed E-state index contributed by atoms with van der Waals surface area (Å²) in [6.07, 6.45) is 1.49. The van der Waals surface area contributed by atoms with Crippen LogP contribution in [0.3, 0.4) is 0 Å². The van der Waals surface area contributed by atoms with E-state index in [9.17, 15) is 9.18 Å². The molecule has 134 valence electrons. The van der Waals surface area contributed by atoms with E-state index in [1.165, 1.54) is 34.5 Å². The van der Waals surface area contributed by atoms with Crippen molar-refractivity contribution in [3.05, 3.63) is 71.2 Å². The molecule has 9 heteroatoms. The molecule has 0 aliphatic heterocycles. The molecule has 0 atom stereocenters. The zero-order chi connectivity index (χ0) is 18.8. The van der Waals surface area contributed by atoms with E-state index in [4.69, 9.17) is 0 Å². The average Bonchev–Trinajstić information content (AvgIpc) is 3.36. The van der Waals surface area contributed by atoms with Crippen molar-refractivity contribution in [2.75, 3.05) is 5.32 Å². The van der Waals surface area contributed by atoms with Gasteiger partial charge in [-0.15, -0.1) is 16.4 Å². The smallest absolute Gasteiger partial charge is 0.275 e. The summed E-state index contributed by atoms with van der Waals surface area (Å²) in [5, 5.41) is 16.3. The first-order valence-electron chi connectivity index (χ1n) is 7.97. The molecule has 7 nitrogen and oxygen atoms in total. The molecule has 0 saturated carbocycles. The third-order valence-electron chi connectivity index (χ3n) is 3.89. The Labute approximate surface area is 157 Å². The number of hydrogen-bond acceptors (Lipinski definition) is 6. The summed E-state index contributed by atoms with van der Waals surface area (Å²) in [5.74, 6) is -0.642. The second kappa shape index (κ2) is 7.04. The highest BCUT2D eigenvalue weighted by Crippen LogP contribution is 2.25. The molecule has 2 aromatic carbocycles. The molecule has 0 unspecified atom stereocenters. The van der Waals surface area contributed by atoms with Crippen LogP contribution in [-0.2, 0) is 0 Å². The molecule has 0 radical (unpaired) electrons. The fourth-order valence-corrected chi connectivity index (χ4v) is 3.31. The lowest BCUT2D eigenvalue weighted by molar-refractivity contribution is 0.102.